The van der Waals surface area contributed by atoms with Gasteiger partial charge in [-0.15, -0.1) is 5.73 Å². The van der Waals surface area contributed by atoms with Crippen molar-refractivity contribution in [3.63, 3.8) is 0 Å². The van der Waals surface area contributed by atoms with Crippen LogP contribution in [0.4, 0.5) is 4.39 Å². The van der Waals surface area contributed by atoms with E-state index in [-0.39, 0.29) is 13.0 Å². The summed E-state index contributed by atoms with van der Waals surface area (Å²) in [5.74, 6) is 0. The fourth-order valence-corrected chi connectivity index (χ4v) is 3.25. The summed E-state index contributed by atoms with van der Waals surface area (Å²) in [6.45, 7) is 8.43. The number of likely N-dealkylation sites (tertiary alicyclic amines) is 1. The molecule has 126 valence electrons. The van der Waals surface area contributed by atoms with Crippen molar-refractivity contribution in [1.82, 2.24) is 10.2 Å². The summed E-state index contributed by atoms with van der Waals surface area (Å²) < 4.78 is 13.7. The number of alkyl halides is 1. The van der Waals surface area contributed by atoms with Crippen molar-refractivity contribution >= 4 is 16.5 Å². The number of hydrogen-bond donors (Lipinski definition) is 1. The SMILES string of the molecule is C=C=C(CNC(=C)c1cccc2ccccc12)N1CC(F)CC1C#N. The van der Waals surface area contributed by atoms with E-state index in [1.807, 2.05) is 24.3 Å². The normalized spacial score (nSPS) is 19.3. The van der Waals surface area contributed by atoms with Crippen molar-refractivity contribution in [2.45, 2.75) is 18.6 Å². The molecule has 25 heavy (non-hydrogen) atoms. The average molecular weight is 333 g/mol. The first-order valence-corrected chi connectivity index (χ1v) is 8.24. The van der Waals surface area contributed by atoms with E-state index in [9.17, 15) is 9.65 Å². The van der Waals surface area contributed by atoms with E-state index in [0.717, 1.165) is 22.0 Å². The third kappa shape index (κ3) is 3.42. The van der Waals surface area contributed by atoms with Crippen molar-refractivity contribution in [2.24, 2.45) is 0 Å². The number of fused-ring (bicyclic) bond motifs is 1. The molecule has 1 aliphatic rings. The summed E-state index contributed by atoms with van der Waals surface area (Å²) >= 11 is 0. The molecule has 1 fully saturated rings. The van der Waals surface area contributed by atoms with Gasteiger partial charge in [0.1, 0.15) is 12.2 Å². The third-order valence-electron chi connectivity index (χ3n) is 4.53. The van der Waals surface area contributed by atoms with Gasteiger partial charge in [-0.3, -0.25) is 0 Å². The number of benzene rings is 2. The predicted molar refractivity (Wildman–Crippen MR) is 99.3 cm³/mol. The molecule has 4 heteroatoms. The Bertz CT molecular complexity index is 884. The smallest absolute Gasteiger partial charge is 0.121 e. The largest absolute Gasteiger partial charge is 0.379 e. The Labute approximate surface area is 147 Å². The van der Waals surface area contributed by atoms with Crippen LogP contribution in [0.15, 0.2) is 67.1 Å². The lowest BCUT2D eigenvalue weighted by Crippen LogP contribution is -2.32. The van der Waals surface area contributed by atoms with Crippen molar-refractivity contribution < 1.29 is 4.39 Å². The van der Waals surface area contributed by atoms with Gasteiger partial charge < -0.3 is 10.2 Å². The molecular formula is C21H20FN3. The Morgan fingerprint density at radius 2 is 2.04 bits per heavy atom. The maximum absolute atomic E-state index is 13.7. The van der Waals surface area contributed by atoms with E-state index < -0.39 is 12.2 Å². The molecule has 1 saturated heterocycles. The maximum Gasteiger partial charge on any atom is 0.121 e. The molecule has 2 aromatic carbocycles. The Balaban J connectivity index is 1.75. The molecule has 3 nitrogen and oxygen atoms in total. The molecule has 0 aliphatic carbocycles. The molecule has 2 atom stereocenters. The summed E-state index contributed by atoms with van der Waals surface area (Å²) in [4.78, 5) is 1.74. The zero-order valence-corrected chi connectivity index (χ0v) is 14.0. The molecule has 0 aromatic heterocycles. The van der Waals surface area contributed by atoms with Gasteiger partial charge in [0.05, 0.1) is 24.9 Å². The average Bonchev–Trinajstić information content (AvgIpc) is 3.02. The van der Waals surface area contributed by atoms with Crippen LogP contribution in [0, 0.1) is 11.3 Å². The van der Waals surface area contributed by atoms with E-state index in [0.29, 0.717) is 12.2 Å². The first kappa shape index (κ1) is 16.8. The van der Waals surface area contributed by atoms with Gasteiger partial charge in [0.2, 0.25) is 0 Å². The topological polar surface area (TPSA) is 39.1 Å². The maximum atomic E-state index is 13.7. The van der Waals surface area contributed by atoms with E-state index >= 15 is 0 Å². The van der Waals surface area contributed by atoms with E-state index in [1.165, 1.54) is 0 Å². The second-order valence-corrected chi connectivity index (χ2v) is 6.11. The van der Waals surface area contributed by atoms with Gasteiger partial charge in [-0.1, -0.05) is 55.6 Å². The number of nitriles is 1. The molecule has 1 aliphatic heterocycles. The van der Waals surface area contributed by atoms with Gasteiger partial charge in [-0.2, -0.15) is 5.26 Å². The zero-order valence-electron chi connectivity index (χ0n) is 14.0. The number of nitrogens with zero attached hydrogens (tertiary/aromatic N) is 2. The monoisotopic (exact) mass is 333 g/mol. The standard InChI is InChI=1S/C21H20FN3/c1-3-18(25-14-17(22)11-19(25)12-23)13-24-15(2)20-10-6-8-16-7-4-5-9-21(16)20/h4-10,17,19,24H,1-2,11,13-14H2. The predicted octanol–water partition coefficient (Wildman–Crippen LogP) is 4.00. The van der Waals surface area contributed by atoms with E-state index in [1.54, 1.807) is 4.90 Å². The summed E-state index contributed by atoms with van der Waals surface area (Å²) in [5.41, 5.74) is 5.32. The molecule has 0 spiro atoms. The second kappa shape index (κ2) is 7.25. The Morgan fingerprint density at radius 1 is 1.28 bits per heavy atom. The molecule has 2 unspecified atom stereocenters. The fourth-order valence-electron chi connectivity index (χ4n) is 3.25. The summed E-state index contributed by atoms with van der Waals surface area (Å²) in [7, 11) is 0. The lowest BCUT2D eigenvalue weighted by Gasteiger charge is -2.24. The zero-order chi connectivity index (χ0) is 17.8. The van der Waals surface area contributed by atoms with Gasteiger partial charge in [0.25, 0.3) is 0 Å². The first-order valence-electron chi connectivity index (χ1n) is 8.24. The second-order valence-electron chi connectivity index (χ2n) is 6.11. The van der Waals surface area contributed by atoms with Crippen LogP contribution in [0.2, 0.25) is 0 Å². The van der Waals surface area contributed by atoms with Gasteiger partial charge in [-0.25, -0.2) is 4.39 Å². The lowest BCUT2D eigenvalue weighted by molar-refractivity contribution is 0.315. The van der Waals surface area contributed by atoms with Crippen LogP contribution in [0.5, 0.6) is 0 Å². The van der Waals surface area contributed by atoms with Crippen LogP contribution < -0.4 is 5.32 Å². The van der Waals surface area contributed by atoms with Crippen LogP contribution in [0.1, 0.15) is 12.0 Å². The highest BCUT2D eigenvalue weighted by molar-refractivity contribution is 5.93. The van der Waals surface area contributed by atoms with Gasteiger partial charge in [0.15, 0.2) is 0 Å². The molecule has 0 bridgehead atoms. The van der Waals surface area contributed by atoms with Crippen molar-refractivity contribution in [3.8, 4) is 6.07 Å². The van der Waals surface area contributed by atoms with Crippen molar-refractivity contribution in [2.75, 3.05) is 13.1 Å². The Morgan fingerprint density at radius 3 is 2.80 bits per heavy atom. The Kier molecular flexibility index (Phi) is 4.88. The van der Waals surface area contributed by atoms with Crippen LogP contribution >= 0.6 is 0 Å². The number of halogens is 1. The molecule has 0 saturated carbocycles. The van der Waals surface area contributed by atoms with Gasteiger partial charge >= 0.3 is 0 Å². The van der Waals surface area contributed by atoms with Crippen LogP contribution in [-0.2, 0) is 0 Å². The molecule has 1 heterocycles. The molecule has 1 N–H and O–H groups in total. The summed E-state index contributed by atoms with van der Waals surface area (Å²) in [6.07, 6.45) is -0.763. The first-order chi connectivity index (χ1) is 12.1. The minimum absolute atomic E-state index is 0.207. The summed E-state index contributed by atoms with van der Waals surface area (Å²) in [5, 5.41) is 14.7. The molecule has 2 aromatic rings. The third-order valence-corrected chi connectivity index (χ3v) is 4.53. The highest BCUT2D eigenvalue weighted by atomic mass is 19.1. The van der Waals surface area contributed by atoms with Crippen molar-refractivity contribution in [1.29, 1.82) is 5.26 Å². The molecule has 0 amide bonds. The van der Waals surface area contributed by atoms with E-state index in [4.69, 9.17) is 0 Å². The minimum atomic E-state index is -0.991. The van der Waals surface area contributed by atoms with Crippen LogP contribution in [0.3, 0.4) is 0 Å². The van der Waals surface area contributed by atoms with E-state index in [2.05, 4.69) is 48.5 Å². The summed E-state index contributed by atoms with van der Waals surface area (Å²) in [6, 6.07) is 15.9. The highest BCUT2D eigenvalue weighted by Gasteiger charge is 2.33. The van der Waals surface area contributed by atoms with Crippen molar-refractivity contribution in [3.05, 3.63) is 72.6 Å². The van der Waals surface area contributed by atoms with Gasteiger partial charge in [0, 0.05) is 17.7 Å². The number of rotatable bonds is 5. The molecule has 0 radical (unpaired) electrons. The minimum Gasteiger partial charge on any atom is -0.379 e. The van der Waals surface area contributed by atoms with Gasteiger partial charge in [-0.05, 0) is 10.8 Å². The quantitative estimate of drug-likeness (QED) is 0.841. The molecular weight excluding hydrogens is 313 g/mol. The van der Waals surface area contributed by atoms with Crippen LogP contribution in [-0.4, -0.2) is 30.2 Å². The lowest BCUT2D eigenvalue weighted by atomic mass is 10.0. The number of nitrogens with one attached hydrogen (secondary N) is 1. The Hall–Kier alpha value is -3.02. The van der Waals surface area contributed by atoms with Crippen LogP contribution in [0.25, 0.3) is 16.5 Å². The number of hydrogen-bond acceptors (Lipinski definition) is 3. The highest BCUT2D eigenvalue weighted by Crippen LogP contribution is 2.25. The fraction of sp³-hybridized carbons (Fsp3) is 0.238. The molecule has 3 rings (SSSR count).